The van der Waals surface area contributed by atoms with E-state index < -0.39 is 11.7 Å². The maximum absolute atomic E-state index is 14.3. The number of hydrogen-bond acceptors (Lipinski definition) is 7. The maximum atomic E-state index is 14.3. The Hall–Kier alpha value is -4.81. The Morgan fingerprint density at radius 3 is 2.59 bits per heavy atom. The van der Waals surface area contributed by atoms with E-state index in [4.69, 9.17) is 0 Å². The summed E-state index contributed by atoms with van der Waals surface area (Å²) >= 11 is 1.57. The van der Waals surface area contributed by atoms with Crippen molar-refractivity contribution in [3.05, 3.63) is 88.2 Å². The van der Waals surface area contributed by atoms with Crippen LogP contribution in [-0.4, -0.2) is 84.2 Å². The van der Waals surface area contributed by atoms with Crippen molar-refractivity contribution in [2.24, 2.45) is 0 Å². The number of imide groups is 1. The van der Waals surface area contributed by atoms with Crippen LogP contribution in [0.2, 0.25) is 0 Å². The molecule has 0 bridgehead atoms. The first kappa shape index (κ1) is 37.4. The number of carbonyl (C=O) groups is 5. The molecule has 0 saturated carbocycles. The number of halogens is 1. The second-order valence-corrected chi connectivity index (χ2v) is 14.2. The molecule has 0 spiro atoms. The lowest BCUT2D eigenvalue weighted by Crippen LogP contribution is -2.37. The van der Waals surface area contributed by atoms with Gasteiger partial charge in [0.15, 0.2) is 6.29 Å². The van der Waals surface area contributed by atoms with Gasteiger partial charge in [0.1, 0.15) is 5.82 Å². The Morgan fingerprint density at radius 1 is 1.06 bits per heavy atom. The van der Waals surface area contributed by atoms with Gasteiger partial charge in [-0.3, -0.25) is 29.3 Å². The topological polar surface area (TPSA) is 132 Å². The minimum atomic E-state index is -0.440. The molecule has 3 N–H and O–H groups in total. The van der Waals surface area contributed by atoms with Crippen molar-refractivity contribution < 1.29 is 28.4 Å². The molecule has 0 saturated heterocycles. The highest BCUT2D eigenvalue weighted by atomic mass is 32.2. The Balaban J connectivity index is 1.10. The summed E-state index contributed by atoms with van der Waals surface area (Å²) in [7, 11) is 3.76. The third-order valence-corrected chi connectivity index (χ3v) is 10.5. The lowest BCUT2D eigenvalue weighted by molar-refractivity contribution is -0.125. The molecule has 5 rings (SSSR count). The summed E-state index contributed by atoms with van der Waals surface area (Å²) in [6, 6.07) is 16.1. The van der Waals surface area contributed by atoms with Gasteiger partial charge >= 0.3 is 0 Å². The van der Waals surface area contributed by atoms with Crippen molar-refractivity contribution in [3.63, 3.8) is 0 Å². The molecule has 1 unspecified atom stereocenters. The average molecular weight is 714 g/mol. The number of nitrogens with zero attached hydrogens (tertiary/aromatic N) is 2. The van der Waals surface area contributed by atoms with E-state index in [1.165, 1.54) is 17.7 Å². The van der Waals surface area contributed by atoms with Crippen LogP contribution in [0.5, 0.6) is 0 Å². The molecule has 3 aromatic carbocycles. The van der Waals surface area contributed by atoms with Gasteiger partial charge in [0, 0.05) is 59.7 Å². The van der Waals surface area contributed by atoms with E-state index in [9.17, 15) is 28.4 Å². The van der Waals surface area contributed by atoms with Gasteiger partial charge in [-0.1, -0.05) is 42.8 Å². The number of nitrogens with one attached hydrogen (secondary N) is 3. The second-order valence-electron chi connectivity index (χ2n) is 13.0. The standard InChI is InChI=1S/C39H44FN5O5S/c1-25(10-15-34(48)42-24-47)45(3)39(50)35-28(23-46)8-7-9-33(35)51-19-6-4-5-18-44(2)22-26-11-13-27(14-12-26)37-30-16-17-41-38(49)31-20-29(40)21-32(43-37)36(30)31/h7-9,11-14,20-21,23-25,43H,4-6,10,15-19,22H2,1-3H3,(H,41,49)(H,42,47,48). The zero-order valence-corrected chi connectivity index (χ0v) is 30.0. The number of amides is 4. The first-order valence-electron chi connectivity index (χ1n) is 17.2. The van der Waals surface area contributed by atoms with Gasteiger partial charge in [-0.2, -0.15) is 0 Å². The summed E-state index contributed by atoms with van der Waals surface area (Å²) in [6.07, 6.45) is 5.17. The van der Waals surface area contributed by atoms with Gasteiger partial charge in [0.25, 0.3) is 11.8 Å². The molecule has 1 aliphatic heterocycles. The van der Waals surface area contributed by atoms with Gasteiger partial charge in [-0.25, -0.2) is 4.39 Å². The van der Waals surface area contributed by atoms with Crippen molar-refractivity contribution in [2.75, 3.05) is 32.9 Å². The number of aldehydes is 1. The van der Waals surface area contributed by atoms with Gasteiger partial charge in [0.2, 0.25) is 12.3 Å². The van der Waals surface area contributed by atoms with Gasteiger partial charge in [-0.05, 0) is 86.8 Å². The van der Waals surface area contributed by atoms with Crippen molar-refractivity contribution in [2.45, 2.75) is 62.9 Å². The highest BCUT2D eigenvalue weighted by molar-refractivity contribution is 7.99. The van der Waals surface area contributed by atoms with Crippen molar-refractivity contribution >= 4 is 53.1 Å². The summed E-state index contributed by atoms with van der Waals surface area (Å²) < 4.78 is 14.3. The van der Waals surface area contributed by atoms with Crippen LogP contribution in [0.4, 0.5) is 4.39 Å². The van der Waals surface area contributed by atoms with Crippen LogP contribution in [0.15, 0.2) is 59.5 Å². The van der Waals surface area contributed by atoms with Crippen LogP contribution in [0.25, 0.3) is 22.2 Å². The molecule has 2 heterocycles. The average Bonchev–Trinajstić information content (AvgIpc) is 3.39. The highest BCUT2D eigenvalue weighted by Crippen LogP contribution is 2.35. The molecule has 4 amide bonds. The van der Waals surface area contributed by atoms with Crippen LogP contribution in [0.1, 0.15) is 81.2 Å². The summed E-state index contributed by atoms with van der Waals surface area (Å²) in [5.41, 5.74) is 5.83. The van der Waals surface area contributed by atoms with E-state index in [-0.39, 0.29) is 24.3 Å². The maximum Gasteiger partial charge on any atom is 0.255 e. The monoisotopic (exact) mass is 713 g/mol. The number of benzene rings is 3. The number of hydrogen-bond donors (Lipinski definition) is 3. The molecule has 4 aromatic rings. The van der Waals surface area contributed by atoms with E-state index in [1.54, 1.807) is 35.8 Å². The van der Waals surface area contributed by atoms with Gasteiger partial charge in [0.05, 0.1) is 11.1 Å². The molecule has 0 fully saturated rings. The molecule has 0 aliphatic carbocycles. The molecule has 12 heteroatoms. The van der Waals surface area contributed by atoms with Crippen LogP contribution in [-0.2, 0) is 22.6 Å². The normalized spacial score (nSPS) is 13.1. The fourth-order valence-electron chi connectivity index (χ4n) is 6.49. The molecule has 10 nitrogen and oxygen atoms in total. The third kappa shape index (κ3) is 9.11. The third-order valence-electron chi connectivity index (χ3n) is 9.40. The summed E-state index contributed by atoms with van der Waals surface area (Å²) in [5.74, 6) is -0.568. The highest BCUT2D eigenvalue weighted by Gasteiger charge is 2.25. The molecule has 268 valence electrons. The lowest BCUT2D eigenvalue weighted by Gasteiger charge is -2.26. The number of unbranched alkanes of at least 4 members (excludes halogenated alkanes) is 2. The number of rotatable bonds is 17. The lowest BCUT2D eigenvalue weighted by atomic mass is 9.99. The largest absolute Gasteiger partial charge is 0.354 e. The molecule has 1 aromatic heterocycles. The minimum absolute atomic E-state index is 0.107. The number of aromatic amines is 1. The number of aromatic nitrogens is 1. The predicted molar refractivity (Wildman–Crippen MR) is 197 cm³/mol. The van der Waals surface area contributed by atoms with Crippen LogP contribution in [0, 0.1) is 5.82 Å². The predicted octanol–water partition coefficient (Wildman–Crippen LogP) is 5.98. The van der Waals surface area contributed by atoms with Gasteiger partial charge < -0.3 is 20.1 Å². The fraction of sp³-hybridized carbons (Fsp3) is 0.359. The fourth-order valence-corrected chi connectivity index (χ4v) is 7.58. The first-order chi connectivity index (χ1) is 24.6. The van der Waals surface area contributed by atoms with Crippen molar-refractivity contribution in [3.8, 4) is 11.3 Å². The molecule has 51 heavy (non-hydrogen) atoms. The Labute approximate surface area is 301 Å². The van der Waals surface area contributed by atoms with Crippen LogP contribution >= 0.6 is 11.8 Å². The summed E-state index contributed by atoms with van der Waals surface area (Å²) in [4.78, 5) is 68.0. The zero-order valence-electron chi connectivity index (χ0n) is 29.2. The van der Waals surface area contributed by atoms with E-state index in [0.29, 0.717) is 54.3 Å². The molecular formula is C39H44FN5O5S. The molecule has 1 atom stereocenters. The summed E-state index contributed by atoms with van der Waals surface area (Å²) in [5, 5.41) is 5.77. The smallest absolute Gasteiger partial charge is 0.255 e. The van der Waals surface area contributed by atoms with Crippen LogP contribution < -0.4 is 10.6 Å². The molecule has 0 radical (unpaired) electrons. The van der Waals surface area contributed by atoms with Gasteiger partial charge in [-0.15, -0.1) is 11.8 Å². The second kappa shape index (κ2) is 17.4. The first-order valence-corrected chi connectivity index (χ1v) is 18.2. The Kier molecular flexibility index (Phi) is 12.8. The van der Waals surface area contributed by atoms with Crippen LogP contribution in [0.3, 0.4) is 0 Å². The Bertz CT molecular complexity index is 1910. The van der Waals surface area contributed by atoms with Crippen molar-refractivity contribution in [1.82, 2.24) is 25.4 Å². The van der Waals surface area contributed by atoms with Crippen molar-refractivity contribution in [1.29, 1.82) is 0 Å². The van der Waals surface area contributed by atoms with E-state index >= 15 is 0 Å². The van der Waals surface area contributed by atoms with E-state index in [0.717, 1.165) is 65.2 Å². The molecule has 1 aliphatic rings. The van der Waals surface area contributed by atoms with E-state index in [2.05, 4.69) is 51.8 Å². The number of H-pyrrole nitrogens is 1. The quantitative estimate of drug-likeness (QED) is 0.0697. The molecular weight excluding hydrogens is 670 g/mol. The Morgan fingerprint density at radius 2 is 1.84 bits per heavy atom. The summed E-state index contributed by atoms with van der Waals surface area (Å²) in [6.45, 7) is 4.04. The van der Waals surface area contributed by atoms with E-state index in [1.807, 2.05) is 13.0 Å². The SMILES string of the molecule is CC(CCC(=O)NC=O)N(C)C(=O)c1c(C=O)cccc1SCCCCCN(C)Cc1ccc(-c2[nH]c3cc(F)cc4c3c2CCNC4=O)cc1. The zero-order chi connectivity index (χ0) is 36.5. The number of carbonyl (C=O) groups excluding carboxylic acids is 5. The minimum Gasteiger partial charge on any atom is -0.354 e. The number of thioether (sulfide) groups is 1.